The Labute approximate surface area is 148 Å². The molecule has 1 aromatic rings. The van der Waals surface area contributed by atoms with E-state index in [1.54, 1.807) is 0 Å². The van der Waals surface area contributed by atoms with Gasteiger partial charge in [-0.15, -0.1) is 11.3 Å². The summed E-state index contributed by atoms with van der Waals surface area (Å²) in [6, 6.07) is 3.12. The first-order chi connectivity index (χ1) is 11.1. The number of nitriles is 1. The van der Waals surface area contributed by atoms with Gasteiger partial charge in [-0.1, -0.05) is 32.1 Å². The Morgan fingerprint density at radius 3 is 2.74 bits per heavy atom. The number of carbonyl (C=O) groups excluding carboxylic acids is 2. The first-order valence-corrected chi connectivity index (χ1v) is 9.47. The summed E-state index contributed by atoms with van der Waals surface area (Å²) in [7, 11) is 0. The largest absolute Gasteiger partial charge is 0.341 e. The number of hydrogen-bond acceptors (Lipinski definition) is 4. The van der Waals surface area contributed by atoms with Crippen molar-refractivity contribution >= 4 is 39.1 Å². The molecule has 1 aromatic heterocycles. The first kappa shape index (κ1) is 18.0. The third-order valence-corrected chi connectivity index (χ3v) is 5.92. The Bertz CT molecular complexity index is 590. The average molecular weight is 398 g/mol. The van der Waals surface area contributed by atoms with Gasteiger partial charge in [-0.3, -0.25) is 9.59 Å². The van der Waals surface area contributed by atoms with Crippen LogP contribution in [0.15, 0.2) is 15.9 Å². The van der Waals surface area contributed by atoms with Gasteiger partial charge in [0.05, 0.1) is 6.07 Å². The predicted molar refractivity (Wildman–Crippen MR) is 93.1 cm³/mol. The van der Waals surface area contributed by atoms with E-state index in [0.29, 0.717) is 17.2 Å². The number of thiophene rings is 1. The highest BCUT2D eigenvalue weighted by Crippen LogP contribution is 2.28. The van der Waals surface area contributed by atoms with Crippen LogP contribution in [0.3, 0.4) is 0 Å². The standard InChI is InChI=1S/C16H20BrN3O2S/c17-12-6-9-23-14(12)16(22)20-13(15(21)19-8-7-18)10-11-4-2-1-3-5-11/h6,9,11,13H,1-5,8,10H2,(H,19,21)(H,20,22)/t13-/m0/s1. The average Bonchev–Trinajstić information content (AvgIpc) is 2.99. The molecule has 0 saturated heterocycles. The Hall–Kier alpha value is -1.39. The zero-order valence-corrected chi connectivity index (χ0v) is 15.2. The van der Waals surface area contributed by atoms with Gasteiger partial charge >= 0.3 is 0 Å². The van der Waals surface area contributed by atoms with Crippen LogP contribution in [0.1, 0.15) is 48.2 Å². The third kappa shape index (κ3) is 5.33. The fraction of sp³-hybridized carbons (Fsp3) is 0.562. The maximum Gasteiger partial charge on any atom is 0.263 e. The monoisotopic (exact) mass is 397 g/mol. The molecule has 23 heavy (non-hydrogen) atoms. The van der Waals surface area contributed by atoms with E-state index in [9.17, 15) is 9.59 Å². The highest BCUT2D eigenvalue weighted by molar-refractivity contribution is 9.10. The van der Waals surface area contributed by atoms with E-state index in [1.165, 1.54) is 30.6 Å². The highest BCUT2D eigenvalue weighted by Gasteiger charge is 2.26. The lowest BCUT2D eigenvalue weighted by Crippen LogP contribution is -2.47. The molecule has 124 valence electrons. The summed E-state index contributed by atoms with van der Waals surface area (Å²) in [4.78, 5) is 25.2. The minimum absolute atomic E-state index is 0.0431. The van der Waals surface area contributed by atoms with Crippen molar-refractivity contribution in [3.05, 3.63) is 20.8 Å². The summed E-state index contributed by atoms with van der Waals surface area (Å²) in [6.07, 6.45) is 6.44. The molecular formula is C16H20BrN3O2S. The molecule has 0 aromatic carbocycles. The van der Waals surface area contributed by atoms with Crippen molar-refractivity contribution in [1.29, 1.82) is 5.26 Å². The molecule has 2 N–H and O–H groups in total. The normalized spacial score (nSPS) is 16.3. The van der Waals surface area contributed by atoms with Gasteiger partial charge in [-0.2, -0.15) is 5.26 Å². The summed E-state index contributed by atoms with van der Waals surface area (Å²) >= 11 is 4.67. The SMILES string of the molecule is N#CCNC(=O)[C@H](CC1CCCCC1)NC(=O)c1sccc1Br. The lowest BCUT2D eigenvalue weighted by molar-refractivity contribution is -0.123. The molecule has 2 amide bonds. The molecule has 0 aliphatic heterocycles. The minimum atomic E-state index is -0.590. The van der Waals surface area contributed by atoms with Crippen molar-refractivity contribution in [3.8, 4) is 6.07 Å². The first-order valence-electron chi connectivity index (χ1n) is 7.80. The number of nitrogens with one attached hydrogen (secondary N) is 2. The second-order valence-corrected chi connectivity index (χ2v) is 7.51. The minimum Gasteiger partial charge on any atom is -0.341 e. The zero-order valence-electron chi connectivity index (χ0n) is 12.8. The highest BCUT2D eigenvalue weighted by atomic mass is 79.9. The Balaban J connectivity index is 2.02. The topological polar surface area (TPSA) is 82.0 Å². The molecule has 1 aliphatic carbocycles. The van der Waals surface area contributed by atoms with Crippen molar-refractivity contribution in [2.75, 3.05) is 6.54 Å². The van der Waals surface area contributed by atoms with Gasteiger partial charge in [0.15, 0.2) is 0 Å². The fourth-order valence-electron chi connectivity index (χ4n) is 2.92. The van der Waals surface area contributed by atoms with Crippen LogP contribution in [-0.2, 0) is 4.79 Å². The molecule has 1 heterocycles. The lowest BCUT2D eigenvalue weighted by Gasteiger charge is -2.26. The van der Waals surface area contributed by atoms with Crippen LogP contribution in [0, 0.1) is 17.2 Å². The van der Waals surface area contributed by atoms with Gasteiger partial charge in [0.25, 0.3) is 5.91 Å². The molecule has 7 heteroatoms. The van der Waals surface area contributed by atoms with E-state index in [2.05, 4.69) is 26.6 Å². The summed E-state index contributed by atoms with van der Waals surface area (Å²) < 4.78 is 0.730. The lowest BCUT2D eigenvalue weighted by atomic mass is 9.84. The van der Waals surface area contributed by atoms with Crippen LogP contribution in [0.2, 0.25) is 0 Å². The molecule has 1 saturated carbocycles. The second-order valence-electron chi connectivity index (χ2n) is 5.74. The summed E-state index contributed by atoms with van der Waals surface area (Å²) in [5.74, 6) is -0.0772. The maximum absolute atomic E-state index is 12.4. The van der Waals surface area contributed by atoms with E-state index >= 15 is 0 Å². The Morgan fingerprint density at radius 2 is 2.13 bits per heavy atom. The quantitative estimate of drug-likeness (QED) is 0.722. The summed E-state index contributed by atoms with van der Waals surface area (Å²) in [5, 5.41) is 15.9. The molecule has 1 fully saturated rings. The number of nitrogens with zero attached hydrogens (tertiary/aromatic N) is 1. The van der Waals surface area contributed by atoms with E-state index in [0.717, 1.165) is 17.3 Å². The second kappa shape index (κ2) is 9.04. The van der Waals surface area contributed by atoms with E-state index in [1.807, 2.05) is 17.5 Å². The van der Waals surface area contributed by atoms with Crippen LogP contribution in [-0.4, -0.2) is 24.4 Å². The zero-order chi connectivity index (χ0) is 16.7. The van der Waals surface area contributed by atoms with Crippen molar-refractivity contribution in [2.45, 2.75) is 44.6 Å². The third-order valence-electron chi connectivity index (χ3n) is 4.08. The van der Waals surface area contributed by atoms with E-state index < -0.39 is 6.04 Å². The predicted octanol–water partition coefficient (Wildman–Crippen LogP) is 3.22. The van der Waals surface area contributed by atoms with Crippen LogP contribution in [0.5, 0.6) is 0 Å². The van der Waals surface area contributed by atoms with E-state index in [4.69, 9.17) is 5.26 Å². The fourth-order valence-corrected chi connectivity index (χ4v) is 4.37. The smallest absolute Gasteiger partial charge is 0.263 e. The van der Waals surface area contributed by atoms with Gasteiger partial charge in [-0.25, -0.2) is 0 Å². The van der Waals surface area contributed by atoms with Crippen molar-refractivity contribution in [1.82, 2.24) is 10.6 Å². The summed E-state index contributed by atoms with van der Waals surface area (Å²) in [5.41, 5.74) is 0. The van der Waals surface area contributed by atoms with Gasteiger partial charge in [0.2, 0.25) is 5.91 Å². The van der Waals surface area contributed by atoms with Gasteiger partial charge in [0.1, 0.15) is 17.5 Å². The molecule has 5 nitrogen and oxygen atoms in total. The maximum atomic E-state index is 12.4. The van der Waals surface area contributed by atoms with Crippen LogP contribution >= 0.6 is 27.3 Å². The Morgan fingerprint density at radius 1 is 1.39 bits per heavy atom. The molecule has 1 aliphatic rings. The van der Waals surface area contributed by atoms with Gasteiger partial charge in [0, 0.05) is 4.47 Å². The molecule has 0 spiro atoms. The molecule has 0 unspecified atom stereocenters. The Kier molecular flexibility index (Phi) is 7.06. The van der Waals surface area contributed by atoms with Gasteiger partial charge < -0.3 is 10.6 Å². The van der Waals surface area contributed by atoms with Crippen LogP contribution < -0.4 is 10.6 Å². The van der Waals surface area contributed by atoms with Crippen molar-refractivity contribution in [2.24, 2.45) is 5.92 Å². The van der Waals surface area contributed by atoms with Crippen molar-refractivity contribution < 1.29 is 9.59 Å². The number of rotatable bonds is 6. The molecule has 2 rings (SSSR count). The van der Waals surface area contributed by atoms with Crippen LogP contribution in [0.25, 0.3) is 0 Å². The van der Waals surface area contributed by atoms with Crippen molar-refractivity contribution in [3.63, 3.8) is 0 Å². The summed E-state index contributed by atoms with van der Waals surface area (Å²) in [6.45, 7) is -0.0431. The number of hydrogen-bond donors (Lipinski definition) is 2. The molecule has 1 atom stereocenters. The van der Waals surface area contributed by atoms with Gasteiger partial charge in [-0.05, 0) is 39.7 Å². The van der Waals surface area contributed by atoms with Crippen LogP contribution in [0.4, 0.5) is 0 Å². The van der Waals surface area contributed by atoms with E-state index in [-0.39, 0.29) is 18.4 Å². The number of halogens is 1. The molecule has 0 radical (unpaired) electrons. The molecule has 0 bridgehead atoms. The molecular weight excluding hydrogens is 378 g/mol. The number of carbonyl (C=O) groups is 2. The number of amides is 2.